The Morgan fingerprint density at radius 2 is 0.846 bits per heavy atom. The van der Waals surface area contributed by atoms with E-state index in [4.69, 9.17) is 48.4 Å². The molecule has 0 aromatic heterocycles. The first-order valence-electron chi connectivity index (χ1n) is 22.0. The minimum atomic E-state index is -0.873. The fourth-order valence-corrected chi connectivity index (χ4v) is 5.92. The maximum atomic E-state index is 13.0. The van der Waals surface area contributed by atoms with Gasteiger partial charge in [-0.05, 0) is 106 Å². The number of nitrogens with two attached hydrogens (primary N) is 1. The van der Waals surface area contributed by atoms with Crippen molar-refractivity contribution in [3.8, 4) is 46.0 Å². The van der Waals surface area contributed by atoms with Crippen LogP contribution < -0.4 is 39.5 Å². The predicted molar refractivity (Wildman–Crippen MR) is 250 cm³/mol. The molecule has 65 heavy (non-hydrogen) atoms. The lowest BCUT2D eigenvalue weighted by molar-refractivity contribution is -0.162. The van der Waals surface area contributed by atoms with Crippen molar-refractivity contribution in [2.24, 2.45) is 11.8 Å². The number of nitrogens with one attached hydrogen (secondary N) is 1. The van der Waals surface area contributed by atoms with Crippen LogP contribution in [0.3, 0.4) is 0 Å². The number of hydrogen-bond donors (Lipinski definition) is 2. The maximum Gasteiger partial charge on any atom is 0.320 e. The van der Waals surface area contributed by atoms with Gasteiger partial charge in [0.1, 0.15) is 40.4 Å². The Bertz CT molecular complexity index is 1990. The van der Waals surface area contributed by atoms with E-state index in [2.05, 4.69) is 19.2 Å². The first kappa shape index (κ1) is 54.5. The fraction of sp³-hybridized carbons (Fsp3) is 0.440. The van der Waals surface area contributed by atoms with Crippen molar-refractivity contribution in [1.82, 2.24) is 0 Å². The van der Waals surface area contributed by atoms with Crippen LogP contribution in [-0.2, 0) is 33.4 Å². The summed E-state index contributed by atoms with van der Waals surface area (Å²) in [6.07, 6.45) is 6.57. The Labute approximate surface area is 384 Å². The third-order valence-corrected chi connectivity index (χ3v) is 9.46. The summed E-state index contributed by atoms with van der Waals surface area (Å²) in [7, 11) is 6.36. The van der Waals surface area contributed by atoms with Gasteiger partial charge in [-0.25, -0.2) is 0 Å². The molecule has 15 nitrogen and oxygen atoms in total. The zero-order valence-corrected chi connectivity index (χ0v) is 39.4. The smallest absolute Gasteiger partial charge is 0.320 e. The van der Waals surface area contributed by atoms with Crippen molar-refractivity contribution >= 4 is 35.2 Å². The quantitative estimate of drug-likeness (QED) is 0.0222. The summed E-state index contributed by atoms with van der Waals surface area (Å²) in [5.41, 5.74) is 6.84. The highest BCUT2D eigenvalue weighted by atomic mass is 16.6. The number of carbonyl (C=O) groups excluding carboxylic acids is 4. The molecule has 15 heteroatoms. The van der Waals surface area contributed by atoms with Gasteiger partial charge < -0.3 is 53.7 Å². The summed E-state index contributed by atoms with van der Waals surface area (Å²) in [6, 6.07) is 24.7. The summed E-state index contributed by atoms with van der Waals surface area (Å²) in [5, 5.41) is 2.83. The lowest BCUT2D eigenvalue weighted by Gasteiger charge is -2.18. The van der Waals surface area contributed by atoms with Gasteiger partial charge in [0, 0.05) is 12.1 Å². The van der Waals surface area contributed by atoms with Gasteiger partial charge in [0.15, 0.2) is 17.4 Å². The van der Waals surface area contributed by atoms with Gasteiger partial charge in [0.25, 0.3) is 0 Å². The van der Waals surface area contributed by atoms with Gasteiger partial charge in [-0.1, -0.05) is 52.4 Å². The third-order valence-electron chi connectivity index (χ3n) is 9.46. The molecule has 0 radical (unpaired) electrons. The van der Waals surface area contributed by atoms with E-state index < -0.39 is 35.7 Å². The highest BCUT2D eigenvalue weighted by molar-refractivity contribution is 6.05. The number of nitrogen functional groups attached to an aromatic ring is 1. The predicted octanol–water partition coefficient (Wildman–Crippen LogP) is 10.6. The van der Waals surface area contributed by atoms with Gasteiger partial charge in [-0.2, -0.15) is 0 Å². The second kappa shape index (κ2) is 31.2. The third kappa shape index (κ3) is 19.7. The summed E-state index contributed by atoms with van der Waals surface area (Å²) in [4.78, 5) is 48.4. The summed E-state index contributed by atoms with van der Waals surface area (Å²) in [5.74, 6) is 1.51. The number of anilines is 2. The molecule has 0 bridgehead atoms. The first-order chi connectivity index (χ1) is 31.4. The van der Waals surface area contributed by atoms with Crippen molar-refractivity contribution < 1.29 is 61.8 Å². The molecular weight excluding hydrogens is 837 g/mol. The topological polar surface area (TPSA) is 189 Å². The molecule has 0 saturated carbocycles. The van der Waals surface area contributed by atoms with Crippen LogP contribution >= 0.6 is 0 Å². The van der Waals surface area contributed by atoms with Crippen molar-refractivity contribution in [3.05, 3.63) is 84.9 Å². The Hall–Kier alpha value is -6.64. The molecule has 0 aliphatic rings. The standard InChI is InChI=1S/C24H31NO6.C14H15NO3.C12H22O4/c1-5-7-8-9-20(24(27)30-6-2)23(26)25-21-15-14-19(29-4)16-22(21)31-18-12-10-17(28-3)11-13-18;1-16-10-3-5-11(6-4-10)18-14-9-12(17-2)7-8-13(14)15;1-4-7-8-9-10(11(13)15-5-2)12(14)16-6-3/h10-16,20H,5-9H2,1-4H3,(H,25,26);3-9H,15H2,1-2H3;10H,4-9H2,1-3H3. The Morgan fingerprint density at radius 3 is 1.28 bits per heavy atom. The number of hydrogen-bond acceptors (Lipinski definition) is 14. The molecule has 0 aliphatic heterocycles. The molecule has 1 unspecified atom stereocenters. The second-order valence-electron chi connectivity index (χ2n) is 14.2. The molecule has 0 heterocycles. The van der Waals surface area contributed by atoms with E-state index in [-0.39, 0.29) is 6.61 Å². The van der Waals surface area contributed by atoms with Crippen LogP contribution in [0.2, 0.25) is 0 Å². The second-order valence-corrected chi connectivity index (χ2v) is 14.2. The summed E-state index contributed by atoms with van der Waals surface area (Å²) < 4.78 is 47.2. The minimum absolute atomic E-state index is 0.227. The number of amides is 1. The molecule has 1 amide bonds. The summed E-state index contributed by atoms with van der Waals surface area (Å²) in [6.45, 7) is 10.1. The molecule has 4 aromatic rings. The fourth-order valence-electron chi connectivity index (χ4n) is 5.92. The molecule has 4 aromatic carbocycles. The number of esters is 3. The van der Waals surface area contributed by atoms with Gasteiger partial charge >= 0.3 is 17.9 Å². The SMILES string of the molecule is CCCCCC(C(=O)Nc1ccc(OC)cc1Oc1ccc(OC)cc1)C(=O)OCC.CCCCCC(C(=O)OCC)C(=O)OCC.COc1ccc(Oc2cc(OC)ccc2N)cc1. The van der Waals surface area contributed by atoms with Crippen molar-refractivity contribution in [1.29, 1.82) is 0 Å². The maximum absolute atomic E-state index is 13.0. The highest BCUT2D eigenvalue weighted by Crippen LogP contribution is 2.35. The van der Waals surface area contributed by atoms with E-state index in [0.717, 1.165) is 44.3 Å². The largest absolute Gasteiger partial charge is 0.497 e. The van der Waals surface area contributed by atoms with E-state index in [1.807, 2.05) is 24.3 Å². The van der Waals surface area contributed by atoms with Gasteiger partial charge in [-0.3, -0.25) is 19.2 Å². The van der Waals surface area contributed by atoms with Crippen molar-refractivity contribution in [2.45, 2.75) is 86.0 Å². The van der Waals surface area contributed by atoms with Crippen LogP contribution in [0.25, 0.3) is 0 Å². The molecular formula is C50H68N2O13. The van der Waals surface area contributed by atoms with Crippen molar-refractivity contribution in [3.63, 3.8) is 0 Å². The Balaban J connectivity index is 0.000000363. The van der Waals surface area contributed by atoms with Crippen LogP contribution in [0.1, 0.15) is 86.0 Å². The van der Waals surface area contributed by atoms with E-state index in [1.54, 1.807) is 110 Å². The van der Waals surface area contributed by atoms with Gasteiger partial charge in [-0.15, -0.1) is 0 Å². The minimum Gasteiger partial charge on any atom is -0.497 e. The van der Waals surface area contributed by atoms with E-state index >= 15 is 0 Å². The van der Waals surface area contributed by atoms with Gasteiger partial charge in [0.05, 0.1) is 59.6 Å². The van der Waals surface area contributed by atoms with E-state index in [0.29, 0.717) is 77.7 Å². The number of rotatable bonds is 24. The van der Waals surface area contributed by atoms with Gasteiger partial charge in [0.2, 0.25) is 5.91 Å². The van der Waals surface area contributed by atoms with E-state index in [1.165, 1.54) is 0 Å². The zero-order chi connectivity index (χ0) is 48.0. The highest BCUT2D eigenvalue weighted by Gasteiger charge is 2.29. The van der Waals surface area contributed by atoms with E-state index in [9.17, 15) is 19.2 Å². The molecule has 1 atom stereocenters. The van der Waals surface area contributed by atoms with Crippen LogP contribution in [0.15, 0.2) is 84.9 Å². The van der Waals surface area contributed by atoms with Crippen LogP contribution in [0.5, 0.6) is 46.0 Å². The molecule has 4 rings (SSSR count). The number of methoxy groups -OCH3 is 4. The van der Waals surface area contributed by atoms with Crippen molar-refractivity contribution in [2.75, 3.05) is 59.3 Å². The first-order valence-corrected chi connectivity index (χ1v) is 22.0. The average molecular weight is 905 g/mol. The number of unbranched alkanes of at least 4 members (excludes halogenated alkanes) is 4. The molecule has 356 valence electrons. The average Bonchev–Trinajstić information content (AvgIpc) is 3.31. The molecule has 3 N–H and O–H groups in total. The number of benzene rings is 4. The molecule has 0 fully saturated rings. The van der Waals surface area contributed by atoms with Crippen LogP contribution in [-0.4, -0.2) is 72.1 Å². The lowest BCUT2D eigenvalue weighted by atomic mass is 10.00. The monoisotopic (exact) mass is 904 g/mol. The number of carbonyl (C=O) groups is 4. The van der Waals surface area contributed by atoms with Crippen LogP contribution in [0.4, 0.5) is 11.4 Å². The normalized spacial score (nSPS) is 10.7. The Morgan fingerprint density at radius 1 is 0.477 bits per heavy atom. The molecule has 0 aliphatic carbocycles. The molecule has 0 saturated heterocycles. The zero-order valence-electron chi connectivity index (χ0n) is 39.4. The van der Waals surface area contributed by atoms with Crippen LogP contribution in [0, 0.1) is 11.8 Å². The number of ether oxygens (including phenoxy) is 9. The molecule has 0 spiro atoms. The lowest BCUT2D eigenvalue weighted by Crippen LogP contribution is -2.31. The summed E-state index contributed by atoms with van der Waals surface area (Å²) >= 11 is 0. The Kier molecular flexibility index (Phi) is 26.2.